The van der Waals surface area contributed by atoms with Crippen molar-refractivity contribution < 1.29 is 18.8 Å². The first-order valence-corrected chi connectivity index (χ1v) is 14.3. The van der Waals surface area contributed by atoms with Crippen molar-refractivity contribution in [3.05, 3.63) is 65.7 Å². The van der Waals surface area contributed by atoms with Gasteiger partial charge in [-0.3, -0.25) is 9.20 Å². The van der Waals surface area contributed by atoms with Crippen molar-refractivity contribution in [1.82, 2.24) is 24.4 Å². The zero-order chi connectivity index (χ0) is 27.9. The molecule has 0 saturated carbocycles. The molecule has 0 N–H and O–H groups in total. The number of pyridine rings is 1. The molecule has 10 heteroatoms. The second-order valence-electron chi connectivity index (χ2n) is 11.4. The van der Waals surface area contributed by atoms with Crippen LogP contribution in [0.15, 0.2) is 53.2 Å². The van der Waals surface area contributed by atoms with Crippen molar-refractivity contribution >= 4 is 32.4 Å². The molecule has 208 valence electrons. The van der Waals surface area contributed by atoms with Gasteiger partial charge in [-0.05, 0) is 18.7 Å². The number of aromatic nitrogens is 4. The minimum absolute atomic E-state index is 0.0547. The van der Waals surface area contributed by atoms with Crippen LogP contribution in [-0.2, 0) is 27.8 Å². The average Bonchev–Trinajstić information content (AvgIpc) is 3.63. The predicted molar refractivity (Wildman–Crippen MR) is 154 cm³/mol. The van der Waals surface area contributed by atoms with E-state index >= 15 is 0 Å². The minimum Gasteiger partial charge on any atom is -0.475 e. The van der Waals surface area contributed by atoms with Crippen LogP contribution in [0.4, 0.5) is 0 Å². The van der Waals surface area contributed by atoms with E-state index in [-0.39, 0.29) is 23.7 Å². The van der Waals surface area contributed by atoms with Crippen LogP contribution in [0.2, 0.25) is 0 Å². The van der Waals surface area contributed by atoms with Gasteiger partial charge >= 0.3 is 0 Å². The number of imidazole rings is 1. The molecule has 0 spiro atoms. The summed E-state index contributed by atoms with van der Waals surface area (Å²) in [6.07, 6.45) is 2.69. The van der Waals surface area contributed by atoms with Crippen LogP contribution in [0.25, 0.3) is 26.6 Å². The summed E-state index contributed by atoms with van der Waals surface area (Å²) >= 11 is 1.53. The van der Waals surface area contributed by atoms with Crippen molar-refractivity contribution in [2.75, 3.05) is 33.4 Å². The Morgan fingerprint density at radius 3 is 2.70 bits per heavy atom. The average molecular weight is 560 g/mol. The zero-order valence-electron chi connectivity index (χ0n) is 23.2. The van der Waals surface area contributed by atoms with Gasteiger partial charge in [-0.2, -0.15) is 0 Å². The molecule has 5 aromatic rings. The third kappa shape index (κ3) is 5.79. The summed E-state index contributed by atoms with van der Waals surface area (Å²) in [5.74, 6) is 1.48. The van der Waals surface area contributed by atoms with Crippen LogP contribution >= 0.6 is 11.3 Å². The molecule has 9 nitrogen and oxygen atoms in total. The lowest BCUT2D eigenvalue weighted by Crippen LogP contribution is -2.42. The Morgan fingerprint density at radius 1 is 1.12 bits per heavy atom. The second kappa shape index (κ2) is 10.8. The third-order valence-electron chi connectivity index (χ3n) is 7.02. The summed E-state index contributed by atoms with van der Waals surface area (Å²) in [6, 6.07) is 13.8. The van der Waals surface area contributed by atoms with Gasteiger partial charge in [0.1, 0.15) is 29.1 Å². The highest BCUT2D eigenvalue weighted by atomic mass is 32.1. The number of rotatable bonds is 8. The van der Waals surface area contributed by atoms with Gasteiger partial charge in [-0.1, -0.05) is 61.5 Å². The number of hydrogen-bond donors (Lipinski definition) is 0. The standard InChI is InChI=1S/C30H33N5O4S/c1-30(2,3)26-15-21(33-39-26)14-22(36)13-19-5-7-20(8-6-19)24-17-35-25-9-10-27(32-28(25)40-29(35)31-24)38-18-23-16-34(4)11-12-37-23/h5-10,15,17,23H,11-14,16,18H2,1-4H3/t23-/m1/s1. The summed E-state index contributed by atoms with van der Waals surface area (Å²) in [5.41, 5.74) is 4.37. The van der Waals surface area contributed by atoms with Gasteiger partial charge < -0.3 is 18.9 Å². The number of morpholine rings is 1. The van der Waals surface area contributed by atoms with Crippen LogP contribution in [-0.4, -0.2) is 69.7 Å². The normalized spacial score (nSPS) is 16.6. The van der Waals surface area contributed by atoms with E-state index in [0.29, 0.717) is 24.6 Å². The molecule has 6 rings (SSSR count). The molecule has 1 aliphatic rings. The van der Waals surface area contributed by atoms with E-state index in [4.69, 9.17) is 24.0 Å². The smallest absolute Gasteiger partial charge is 0.214 e. The molecule has 1 atom stereocenters. The molecule has 1 fully saturated rings. The van der Waals surface area contributed by atoms with Crippen molar-refractivity contribution in [1.29, 1.82) is 0 Å². The number of nitrogens with zero attached hydrogens (tertiary/aromatic N) is 5. The highest BCUT2D eigenvalue weighted by molar-refractivity contribution is 7.23. The Balaban J connectivity index is 1.10. The number of Topliss-reactive ketones (excluding diaryl/α,β-unsaturated/α-hetero) is 1. The molecule has 1 aromatic carbocycles. The van der Waals surface area contributed by atoms with Crippen LogP contribution in [0.3, 0.4) is 0 Å². The van der Waals surface area contributed by atoms with E-state index in [2.05, 4.69) is 42.3 Å². The van der Waals surface area contributed by atoms with Crippen LogP contribution in [0, 0.1) is 0 Å². The number of fused-ring (bicyclic) bond motifs is 3. The fourth-order valence-electron chi connectivity index (χ4n) is 4.77. The highest BCUT2D eigenvalue weighted by Crippen LogP contribution is 2.30. The Bertz CT molecular complexity index is 1650. The lowest BCUT2D eigenvalue weighted by atomic mass is 9.93. The number of thiazole rings is 1. The first-order chi connectivity index (χ1) is 19.2. The molecule has 4 aromatic heterocycles. The Morgan fingerprint density at radius 2 is 1.95 bits per heavy atom. The van der Waals surface area contributed by atoms with Gasteiger partial charge in [0.2, 0.25) is 5.88 Å². The maximum atomic E-state index is 12.6. The third-order valence-corrected chi connectivity index (χ3v) is 7.99. The van der Waals surface area contributed by atoms with Gasteiger partial charge in [0.25, 0.3) is 0 Å². The van der Waals surface area contributed by atoms with Gasteiger partial charge in [0.05, 0.1) is 29.9 Å². The number of carbonyl (C=O) groups is 1. The lowest BCUT2D eigenvalue weighted by Gasteiger charge is -2.29. The highest BCUT2D eigenvalue weighted by Gasteiger charge is 2.21. The van der Waals surface area contributed by atoms with Gasteiger partial charge in [-0.25, -0.2) is 9.97 Å². The summed E-state index contributed by atoms with van der Waals surface area (Å²) in [5, 5.41) is 4.07. The Labute approximate surface area is 236 Å². The number of ether oxygens (including phenoxy) is 2. The number of likely N-dealkylation sites (N-methyl/N-ethyl adjacent to an activating group) is 1. The largest absolute Gasteiger partial charge is 0.475 e. The molecule has 0 unspecified atom stereocenters. The molecule has 0 radical (unpaired) electrons. The molecule has 0 aliphatic carbocycles. The number of ketones is 1. The van der Waals surface area contributed by atoms with Crippen molar-refractivity contribution in [3.8, 4) is 17.1 Å². The van der Waals surface area contributed by atoms with Crippen LogP contribution < -0.4 is 4.74 Å². The summed E-state index contributed by atoms with van der Waals surface area (Å²) < 4.78 is 19.2. The predicted octanol–water partition coefficient (Wildman–Crippen LogP) is 4.96. The maximum absolute atomic E-state index is 12.6. The molecular formula is C30H33N5O4S. The van der Waals surface area contributed by atoms with Gasteiger partial charge in [0.15, 0.2) is 4.96 Å². The molecule has 40 heavy (non-hydrogen) atoms. The molecule has 1 aliphatic heterocycles. The fraction of sp³-hybridized carbons (Fsp3) is 0.400. The quantitative estimate of drug-likeness (QED) is 0.263. The summed E-state index contributed by atoms with van der Waals surface area (Å²) in [4.78, 5) is 26.2. The number of hydrogen-bond acceptors (Lipinski definition) is 9. The number of carbonyl (C=O) groups excluding carboxylic acids is 1. The van der Waals surface area contributed by atoms with E-state index in [1.54, 1.807) is 0 Å². The molecule has 0 bridgehead atoms. The van der Waals surface area contributed by atoms with Gasteiger partial charge in [-0.15, -0.1) is 0 Å². The van der Waals surface area contributed by atoms with Crippen molar-refractivity contribution in [2.24, 2.45) is 0 Å². The summed E-state index contributed by atoms with van der Waals surface area (Å²) in [7, 11) is 2.09. The van der Waals surface area contributed by atoms with E-state index in [1.807, 2.05) is 48.7 Å². The van der Waals surface area contributed by atoms with E-state index < -0.39 is 0 Å². The molecule has 1 saturated heterocycles. The van der Waals surface area contributed by atoms with E-state index in [1.165, 1.54) is 11.3 Å². The molecule has 5 heterocycles. The van der Waals surface area contributed by atoms with Crippen molar-refractivity contribution in [3.63, 3.8) is 0 Å². The Kier molecular flexibility index (Phi) is 7.16. The lowest BCUT2D eigenvalue weighted by molar-refractivity contribution is -0.117. The zero-order valence-corrected chi connectivity index (χ0v) is 24.0. The van der Waals surface area contributed by atoms with Crippen LogP contribution in [0.1, 0.15) is 37.8 Å². The first kappa shape index (κ1) is 26.6. The second-order valence-corrected chi connectivity index (χ2v) is 12.4. The summed E-state index contributed by atoms with van der Waals surface area (Å²) in [6.45, 7) is 9.19. The monoisotopic (exact) mass is 559 g/mol. The topological polar surface area (TPSA) is 95.0 Å². The van der Waals surface area contributed by atoms with Gasteiger partial charge in [0, 0.05) is 48.8 Å². The maximum Gasteiger partial charge on any atom is 0.214 e. The first-order valence-electron chi connectivity index (χ1n) is 13.5. The minimum atomic E-state index is -0.131. The number of benzene rings is 1. The molecular weight excluding hydrogens is 526 g/mol. The fourth-order valence-corrected chi connectivity index (χ4v) is 5.74. The van der Waals surface area contributed by atoms with Crippen LogP contribution in [0.5, 0.6) is 5.88 Å². The Hall–Kier alpha value is -3.60. The van der Waals surface area contributed by atoms with E-state index in [0.717, 1.165) is 57.6 Å². The SMILES string of the molecule is CN1CCO[C@@H](COc2ccc3c(n2)sc2nc(-c4ccc(CC(=O)Cc5cc(C(C)(C)C)on5)cc4)cn23)C1. The molecule has 0 amide bonds. The van der Waals surface area contributed by atoms with E-state index in [9.17, 15) is 4.79 Å². The van der Waals surface area contributed by atoms with Crippen molar-refractivity contribution in [2.45, 2.75) is 45.1 Å².